The van der Waals surface area contributed by atoms with E-state index in [0.717, 1.165) is 0 Å². The lowest BCUT2D eigenvalue weighted by Gasteiger charge is -2.10. The van der Waals surface area contributed by atoms with E-state index in [1.165, 1.54) is 11.0 Å². The Morgan fingerprint density at radius 1 is 1.29 bits per heavy atom. The van der Waals surface area contributed by atoms with Crippen LogP contribution >= 0.6 is 7.60 Å². The molecule has 0 saturated heterocycles. The van der Waals surface area contributed by atoms with Gasteiger partial charge in [-0.25, -0.2) is 19.6 Å². The fraction of sp³-hybridized carbons (Fsp3) is 0.364. The molecule has 24 heavy (non-hydrogen) atoms. The second kappa shape index (κ2) is 6.24. The molecule has 128 valence electrons. The van der Waals surface area contributed by atoms with Gasteiger partial charge in [-0.2, -0.15) is 0 Å². The van der Waals surface area contributed by atoms with Crippen molar-refractivity contribution in [3.63, 3.8) is 0 Å². The van der Waals surface area contributed by atoms with Gasteiger partial charge in [0.2, 0.25) is 0 Å². The second-order valence-electron chi connectivity index (χ2n) is 5.24. The molecule has 0 amide bonds. The van der Waals surface area contributed by atoms with Gasteiger partial charge in [-0.1, -0.05) is 5.21 Å². The summed E-state index contributed by atoms with van der Waals surface area (Å²) in [4.78, 5) is 29.8. The van der Waals surface area contributed by atoms with E-state index in [4.69, 9.17) is 15.5 Å². The highest BCUT2D eigenvalue weighted by atomic mass is 31.2. The molecule has 3 aromatic heterocycles. The van der Waals surface area contributed by atoms with Crippen LogP contribution in [-0.4, -0.2) is 61.7 Å². The zero-order chi connectivity index (χ0) is 17.3. The molecule has 3 aromatic rings. The third-order valence-corrected chi connectivity index (χ3v) is 4.09. The van der Waals surface area contributed by atoms with Crippen molar-refractivity contribution in [1.29, 1.82) is 0 Å². The Kier molecular flexibility index (Phi) is 4.28. The molecule has 5 N–H and O–H groups in total. The summed E-state index contributed by atoms with van der Waals surface area (Å²) in [6.07, 6.45) is 2.61. The lowest BCUT2D eigenvalue weighted by Crippen LogP contribution is -2.20. The third-order valence-electron chi connectivity index (χ3n) is 3.19. The lowest BCUT2D eigenvalue weighted by molar-refractivity contribution is 0.163. The number of fused-ring (bicyclic) bond motifs is 1. The van der Waals surface area contributed by atoms with Crippen LogP contribution in [0.5, 0.6) is 0 Å². The summed E-state index contributed by atoms with van der Waals surface area (Å²) >= 11 is 0. The summed E-state index contributed by atoms with van der Waals surface area (Å²) in [7, 11) is -4.28. The smallest absolute Gasteiger partial charge is 0.328 e. The maximum absolute atomic E-state index is 10.9. The van der Waals surface area contributed by atoms with Crippen LogP contribution in [-0.2, 0) is 17.7 Å². The number of hydrogen-bond acceptors (Lipinski definition) is 8. The number of hydrogen-bond donors (Lipinski definition) is 4. The first kappa shape index (κ1) is 16.5. The Morgan fingerprint density at radius 3 is 2.83 bits per heavy atom. The molecule has 3 heterocycles. The number of anilines is 1. The minimum absolute atomic E-state index is 0.0715. The SMILES string of the molecule is Nc1ncnc2c1ncn2Cc1cn(CC(O)CP(=O)(O)O)nn1. The first-order valence-corrected chi connectivity index (χ1v) is 8.64. The van der Waals surface area contributed by atoms with Gasteiger partial charge in [0, 0.05) is 0 Å². The Hall–Kier alpha value is -2.40. The molecule has 0 bridgehead atoms. The molecule has 13 heteroatoms. The zero-order valence-corrected chi connectivity index (χ0v) is 13.2. The normalized spacial score (nSPS) is 13.5. The van der Waals surface area contributed by atoms with Gasteiger partial charge in [0.15, 0.2) is 11.5 Å². The number of rotatable bonds is 6. The van der Waals surface area contributed by atoms with Gasteiger partial charge in [0.05, 0.1) is 37.9 Å². The highest BCUT2D eigenvalue weighted by Crippen LogP contribution is 2.35. The molecule has 0 saturated carbocycles. The number of nitrogens with zero attached hydrogens (tertiary/aromatic N) is 7. The van der Waals surface area contributed by atoms with Crippen LogP contribution in [0.4, 0.5) is 5.82 Å². The van der Waals surface area contributed by atoms with Crippen molar-refractivity contribution in [3.05, 3.63) is 24.5 Å². The molecule has 0 radical (unpaired) electrons. The first-order valence-electron chi connectivity index (χ1n) is 6.85. The van der Waals surface area contributed by atoms with Gasteiger partial charge >= 0.3 is 7.60 Å². The van der Waals surface area contributed by atoms with Crippen molar-refractivity contribution in [1.82, 2.24) is 34.5 Å². The van der Waals surface area contributed by atoms with Crippen molar-refractivity contribution in [3.8, 4) is 0 Å². The minimum atomic E-state index is -4.28. The van der Waals surface area contributed by atoms with Gasteiger partial charge in [-0.3, -0.25) is 4.57 Å². The van der Waals surface area contributed by atoms with Crippen molar-refractivity contribution in [2.45, 2.75) is 19.2 Å². The summed E-state index contributed by atoms with van der Waals surface area (Å²) in [5.41, 5.74) is 7.33. The van der Waals surface area contributed by atoms with Crippen molar-refractivity contribution in [2.24, 2.45) is 0 Å². The van der Waals surface area contributed by atoms with Gasteiger partial charge in [-0.05, 0) is 0 Å². The molecule has 1 atom stereocenters. The van der Waals surface area contributed by atoms with E-state index in [-0.39, 0.29) is 12.4 Å². The van der Waals surface area contributed by atoms with Crippen LogP contribution in [0.15, 0.2) is 18.9 Å². The minimum Gasteiger partial charge on any atom is -0.391 e. The molecule has 0 aliphatic carbocycles. The Bertz CT molecular complexity index is 902. The number of aliphatic hydroxyl groups is 1. The second-order valence-corrected chi connectivity index (χ2v) is 6.93. The van der Waals surface area contributed by atoms with Crippen LogP contribution in [0, 0.1) is 0 Å². The highest BCUT2D eigenvalue weighted by Gasteiger charge is 2.20. The molecule has 0 aliphatic rings. The standard InChI is InChI=1S/C11H15N8O4P/c12-10-9-11(14-5-13-10)18(6-15-9)1-7-2-19(17-16-7)3-8(20)4-24(21,22)23/h2,5-6,8,20H,1,3-4H2,(H2,12,13,14)(H2,21,22,23). The summed E-state index contributed by atoms with van der Waals surface area (Å²) < 4.78 is 13.9. The average Bonchev–Trinajstić information content (AvgIpc) is 3.06. The third kappa shape index (κ3) is 3.74. The fourth-order valence-corrected chi connectivity index (χ4v) is 2.90. The van der Waals surface area contributed by atoms with Crippen LogP contribution < -0.4 is 5.73 Å². The van der Waals surface area contributed by atoms with Crippen LogP contribution in [0.1, 0.15) is 5.69 Å². The molecule has 0 aliphatic heterocycles. The number of nitrogens with two attached hydrogens (primary N) is 1. The maximum atomic E-state index is 10.9. The van der Waals surface area contributed by atoms with Crippen LogP contribution in [0.3, 0.4) is 0 Å². The fourth-order valence-electron chi connectivity index (χ4n) is 2.24. The Morgan fingerprint density at radius 2 is 2.08 bits per heavy atom. The maximum Gasteiger partial charge on any atom is 0.328 e. The van der Waals surface area contributed by atoms with Gasteiger partial charge < -0.3 is 25.2 Å². The number of nitrogen functional groups attached to an aromatic ring is 1. The topological polar surface area (TPSA) is 178 Å². The lowest BCUT2D eigenvalue weighted by atomic mass is 10.4. The largest absolute Gasteiger partial charge is 0.391 e. The van der Waals surface area contributed by atoms with Crippen molar-refractivity contribution in [2.75, 3.05) is 11.9 Å². The number of aromatic nitrogens is 7. The van der Waals surface area contributed by atoms with E-state index < -0.39 is 19.9 Å². The molecule has 1 unspecified atom stereocenters. The summed E-state index contributed by atoms with van der Waals surface area (Å²) in [5, 5.41) is 17.4. The number of imidazole rings is 1. The molecular weight excluding hydrogens is 339 g/mol. The Labute approximate surface area is 135 Å². The van der Waals surface area contributed by atoms with E-state index in [9.17, 15) is 9.67 Å². The molecule has 12 nitrogen and oxygen atoms in total. The van der Waals surface area contributed by atoms with Crippen molar-refractivity contribution < 1.29 is 19.5 Å². The first-order chi connectivity index (χ1) is 11.3. The Balaban J connectivity index is 1.72. The molecule has 3 rings (SSSR count). The average molecular weight is 354 g/mol. The summed E-state index contributed by atoms with van der Waals surface area (Å²) in [6, 6.07) is 0. The van der Waals surface area contributed by atoms with Gasteiger partial charge in [0.1, 0.15) is 17.5 Å². The predicted molar refractivity (Wildman–Crippen MR) is 81.8 cm³/mol. The van der Waals surface area contributed by atoms with Crippen LogP contribution in [0.25, 0.3) is 11.2 Å². The van der Waals surface area contributed by atoms with E-state index in [1.54, 1.807) is 17.1 Å². The number of aliphatic hydroxyl groups excluding tert-OH is 1. The summed E-state index contributed by atoms with van der Waals surface area (Å²) in [5.74, 6) is 0.281. The molecular formula is C11H15N8O4P. The van der Waals surface area contributed by atoms with Gasteiger partial charge in [0.25, 0.3) is 0 Å². The molecule has 0 fully saturated rings. The van der Waals surface area contributed by atoms with Crippen molar-refractivity contribution >= 4 is 24.6 Å². The van der Waals surface area contributed by atoms with E-state index in [1.807, 2.05) is 0 Å². The molecule has 0 aromatic carbocycles. The molecule has 0 spiro atoms. The highest BCUT2D eigenvalue weighted by molar-refractivity contribution is 7.51. The summed E-state index contributed by atoms with van der Waals surface area (Å²) in [6.45, 7) is 0.249. The van der Waals surface area contributed by atoms with E-state index in [0.29, 0.717) is 23.4 Å². The zero-order valence-electron chi connectivity index (χ0n) is 12.3. The van der Waals surface area contributed by atoms with E-state index >= 15 is 0 Å². The predicted octanol–water partition coefficient (Wildman–Crippen LogP) is -1.41. The van der Waals surface area contributed by atoms with Crippen LogP contribution in [0.2, 0.25) is 0 Å². The van der Waals surface area contributed by atoms with E-state index in [2.05, 4.69) is 25.3 Å². The van der Waals surface area contributed by atoms with Gasteiger partial charge in [-0.15, -0.1) is 5.10 Å². The quantitative estimate of drug-likeness (QED) is 0.384. The monoisotopic (exact) mass is 354 g/mol.